The van der Waals surface area contributed by atoms with Gasteiger partial charge in [-0.3, -0.25) is 4.79 Å². The molecule has 1 N–H and O–H groups in total. The Balaban J connectivity index is 1.48. The van der Waals surface area contributed by atoms with Gasteiger partial charge in [0.1, 0.15) is 0 Å². The zero-order valence-corrected chi connectivity index (χ0v) is 13.6. The molecule has 0 aromatic rings. The van der Waals surface area contributed by atoms with Gasteiger partial charge in [-0.25, -0.2) is 4.79 Å². The van der Waals surface area contributed by atoms with Crippen molar-refractivity contribution in [3.8, 4) is 0 Å². The minimum Gasteiger partial charge on any atom is -0.341 e. The maximum absolute atomic E-state index is 12.5. The van der Waals surface area contributed by atoms with Gasteiger partial charge in [-0.1, -0.05) is 25.7 Å². The van der Waals surface area contributed by atoms with Crippen molar-refractivity contribution in [2.24, 2.45) is 5.92 Å². The van der Waals surface area contributed by atoms with Crippen LogP contribution in [0.3, 0.4) is 0 Å². The van der Waals surface area contributed by atoms with E-state index in [1.807, 2.05) is 9.80 Å². The monoisotopic (exact) mass is 307 g/mol. The Morgan fingerprint density at radius 3 is 2.05 bits per heavy atom. The van der Waals surface area contributed by atoms with Gasteiger partial charge in [-0.2, -0.15) is 0 Å². The van der Waals surface area contributed by atoms with Crippen molar-refractivity contribution < 1.29 is 9.59 Å². The first-order valence-electron chi connectivity index (χ1n) is 9.08. The summed E-state index contributed by atoms with van der Waals surface area (Å²) in [6, 6.07) is 0.439. The zero-order chi connectivity index (χ0) is 15.4. The van der Waals surface area contributed by atoms with Gasteiger partial charge >= 0.3 is 6.03 Å². The van der Waals surface area contributed by atoms with Crippen LogP contribution in [0.4, 0.5) is 4.79 Å². The molecule has 1 saturated heterocycles. The van der Waals surface area contributed by atoms with Crippen LogP contribution in [0.1, 0.15) is 57.8 Å². The van der Waals surface area contributed by atoms with E-state index in [0.29, 0.717) is 25.0 Å². The van der Waals surface area contributed by atoms with E-state index in [-0.39, 0.29) is 11.9 Å². The number of nitrogens with one attached hydrogen (secondary N) is 1. The molecule has 1 aliphatic heterocycles. The van der Waals surface area contributed by atoms with Crippen molar-refractivity contribution in [2.75, 3.05) is 26.2 Å². The number of carbonyl (C=O) groups is 2. The van der Waals surface area contributed by atoms with Crippen LogP contribution in [-0.2, 0) is 4.79 Å². The molecule has 3 fully saturated rings. The second-order valence-corrected chi connectivity index (χ2v) is 7.08. The van der Waals surface area contributed by atoms with Crippen molar-refractivity contribution >= 4 is 11.9 Å². The first-order chi connectivity index (χ1) is 10.7. The van der Waals surface area contributed by atoms with Crippen molar-refractivity contribution in [2.45, 2.75) is 63.8 Å². The Morgan fingerprint density at radius 1 is 0.727 bits per heavy atom. The molecule has 5 heteroatoms. The lowest BCUT2D eigenvalue weighted by molar-refractivity contribution is -0.135. The van der Waals surface area contributed by atoms with Crippen molar-refractivity contribution in [3.63, 3.8) is 0 Å². The fourth-order valence-corrected chi connectivity index (χ4v) is 4.11. The van der Waals surface area contributed by atoms with Gasteiger partial charge in [0.25, 0.3) is 0 Å². The Bertz CT molecular complexity index is 401. The molecule has 22 heavy (non-hydrogen) atoms. The van der Waals surface area contributed by atoms with Gasteiger partial charge < -0.3 is 15.1 Å². The van der Waals surface area contributed by atoms with Crippen LogP contribution in [0.2, 0.25) is 0 Å². The van der Waals surface area contributed by atoms with E-state index in [1.54, 1.807) is 0 Å². The third-order valence-corrected chi connectivity index (χ3v) is 5.48. The minimum absolute atomic E-state index is 0.0714. The third kappa shape index (κ3) is 3.73. The molecule has 3 rings (SSSR count). The van der Waals surface area contributed by atoms with Gasteiger partial charge in [0.05, 0.1) is 0 Å². The Kier molecular flexibility index (Phi) is 5.21. The second-order valence-electron chi connectivity index (χ2n) is 7.08. The Labute approximate surface area is 133 Å². The lowest BCUT2D eigenvalue weighted by Gasteiger charge is -2.25. The highest BCUT2D eigenvalue weighted by molar-refractivity contribution is 5.79. The molecule has 3 amide bonds. The average molecular weight is 307 g/mol. The topological polar surface area (TPSA) is 52.7 Å². The van der Waals surface area contributed by atoms with Gasteiger partial charge in [-0.15, -0.1) is 0 Å². The smallest absolute Gasteiger partial charge is 0.317 e. The van der Waals surface area contributed by atoms with Gasteiger partial charge in [0, 0.05) is 38.1 Å². The molecule has 3 aliphatic rings. The first kappa shape index (κ1) is 15.6. The standard InChI is InChI=1S/C17H29N3O2/c21-16(14-6-1-2-7-14)19-10-5-11-20(13-12-19)17(22)18-15-8-3-4-9-15/h14-15H,1-13H2,(H,18,22). The van der Waals surface area contributed by atoms with Crippen molar-refractivity contribution in [3.05, 3.63) is 0 Å². The second kappa shape index (κ2) is 7.34. The molecule has 5 nitrogen and oxygen atoms in total. The van der Waals surface area contributed by atoms with Crippen LogP contribution in [0, 0.1) is 5.92 Å². The lowest BCUT2D eigenvalue weighted by atomic mass is 10.1. The Hall–Kier alpha value is -1.26. The molecule has 0 atom stereocenters. The molecule has 0 aromatic carbocycles. The van der Waals surface area contributed by atoms with E-state index in [2.05, 4.69) is 5.32 Å². The summed E-state index contributed by atoms with van der Waals surface area (Å²) in [6.45, 7) is 2.96. The van der Waals surface area contributed by atoms with Crippen LogP contribution >= 0.6 is 0 Å². The molecule has 0 spiro atoms. The molecule has 0 aromatic heterocycles. The number of urea groups is 1. The van der Waals surface area contributed by atoms with Crippen LogP contribution in [0.25, 0.3) is 0 Å². The van der Waals surface area contributed by atoms with E-state index >= 15 is 0 Å². The summed E-state index contributed by atoms with van der Waals surface area (Å²) in [5.74, 6) is 0.578. The zero-order valence-electron chi connectivity index (χ0n) is 13.6. The number of nitrogens with zero attached hydrogens (tertiary/aromatic N) is 2. The number of hydrogen-bond acceptors (Lipinski definition) is 2. The molecule has 0 bridgehead atoms. The molecular weight excluding hydrogens is 278 g/mol. The van der Waals surface area contributed by atoms with Crippen LogP contribution in [0.15, 0.2) is 0 Å². The van der Waals surface area contributed by atoms with Gasteiger partial charge in [-0.05, 0) is 32.1 Å². The number of carbonyl (C=O) groups excluding carboxylic acids is 2. The predicted molar refractivity (Wildman–Crippen MR) is 85.5 cm³/mol. The summed E-state index contributed by atoms with van der Waals surface area (Å²) >= 11 is 0. The van der Waals surface area contributed by atoms with Crippen molar-refractivity contribution in [1.29, 1.82) is 0 Å². The molecular formula is C17H29N3O2. The molecule has 0 unspecified atom stereocenters. The Morgan fingerprint density at radius 2 is 1.32 bits per heavy atom. The molecule has 2 saturated carbocycles. The quantitative estimate of drug-likeness (QED) is 0.851. The summed E-state index contributed by atoms with van der Waals surface area (Å²) in [7, 11) is 0. The molecule has 2 aliphatic carbocycles. The first-order valence-corrected chi connectivity index (χ1v) is 9.08. The van der Waals surface area contributed by atoms with Gasteiger partial charge in [0.2, 0.25) is 5.91 Å². The van der Waals surface area contributed by atoms with E-state index in [4.69, 9.17) is 0 Å². The van der Waals surface area contributed by atoms with Crippen LogP contribution < -0.4 is 5.32 Å². The molecule has 0 radical (unpaired) electrons. The highest BCUT2D eigenvalue weighted by Crippen LogP contribution is 2.27. The fraction of sp³-hybridized carbons (Fsp3) is 0.882. The summed E-state index contributed by atoms with van der Waals surface area (Å²) in [5, 5.41) is 3.16. The molecule has 1 heterocycles. The summed E-state index contributed by atoms with van der Waals surface area (Å²) < 4.78 is 0. The predicted octanol–water partition coefficient (Wildman–Crippen LogP) is 2.36. The van der Waals surface area contributed by atoms with E-state index in [0.717, 1.165) is 45.2 Å². The number of amides is 3. The van der Waals surface area contributed by atoms with E-state index in [9.17, 15) is 9.59 Å². The fourth-order valence-electron chi connectivity index (χ4n) is 4.11. The largest absolute Gasteiger partial charge is 0.341 e. The van der Waals surface area contributed by atoms with Crippen LogP contribution in [0.5, 0.6) is 0 Å². The SMILES string of the molecule is O=C(NC1CCCC1)N1CCCN(C(=O)C2CCCC2)CC1. The summed E-state index contributed by atoms with van der Waals surface area (Å²) in [4.78, 5) is 28.8. The third-order valence-electron chi connectivity index (χ3n) is 5.48. The van der Waals surface area contributed by atoms with Crippen LogP contribution in [-0.4, -0.2) is 54.0 Å². The average Bonchev–Trinajstić information content (AvgIpc) is 3.16. The molecule has 124 valence electrons. The lowest BCUT2D eigenvalue weighted by Crippen LogP contribution is -2.46. The minimum atomic E-state index is 0.0714. The highest BCUT2D eigenvalue weighted by atomic mass is 16.2. The number of rotatable bonds is 2. The van der Waals surface area contributed by atoms with E-state index < -0.39 is 0 Å². The van der Waals surface area contributed by atoms with Crippen molar-refractivity contribution in [1.82, 2.24) is 15.1 Å². The maximum Gasteiger partial charge on any atom is 0.317 e. The maximum atomic E-state index is 12.5. The van der Waals surface area contributed by atoms with E-state index in [1.165, 1.54) is 25.7 Å². The number of hydrogen-bond donors (Lipinski definition) is 1. The normalized spacial score (nSPS) is 24.5. The highest BCUT2D eigenvalue weighted by Gasteiger charge is 2.29. The van der Waals surface area contributed by atoms with Gasteiger partial charge in [0.15, 0.2) is 0 Å². The summed E-state index contributed by atoms with van der Waals surface area (Å²) in [5.41, 5.74) is 0. The summed E-state index contributed by atoms with van der Waals surface area (Å²) in [6.07, 6.45) is 10.1.